The molecular formula is C16H18BrN3O5. The molecule has 8 nitrogen and oxygen atoms in total. The van der Waals surface area contributed by atoms with E-state index < -0.39 is 42.5 Å². The number of imide groups is 1. The molecule has 1 aliphatic rings. The van der Waals surface area contributed by atoms with Crippen molar-refractivity contribution in [3.63, 3.8) is 0 Å². The maximum absolute atomic E-state index is 12.2. The van der Waals surface area contributed by atoms with Crippen molar-refractivity contribution < 1.29 is 23.9 Å². The van der Waals surface area contributed by atoms with Gasteiger partial charge in [-0.2, -0.15) is 0 Å². The first kappa shape index (κ1) is 18.9. The Hall–Kier alpha value is -2.42. The molecule has 1 fully saturated rings. The number of hydrogen-bond donors (Lipinski definition) is 2. The summed E-state index contributed by atoms with van der Waals surface area (Å²) in [5, 5.41) is 5.11. The summed E-state index contributed by atoms with van der Waals surface area (Å²) in [5.74, 6) is -1.86. The number of halogens is 1. The first-order valence-electron chi connectivity index (χ1n) is 7.61. The molecule has 0 saturated carbocycles. The van der Waals surface area contributed by atoms with E-state index in [0.717, 1.165) is 4.90 Å². The van der Waals surface area contributed by atoms with E-state index >= 15 is 0 Å². The van der Waals surface area contributed by atoms with Gasteiger partial charge in [0.25, 0.3) is 11.8 Å². The normalized spacial score (nSPS) is 19.6. The second kappa shape index (κ2) is 7.64. The minimum atomic E-state index is -1.02. The molecular weight excluding hydrogens is 394 g/mol. The van der Waals surface area contributed by atoms with Crippen molar-refractivity contribution in [2.24, 2.45) is 0 Å². The Morgan fingerprint density at radius 1 is 1.32 bits per heavy atom. The second-order valence-electron chi connectivity index (χ2n) is 5.70. The number of carbonyl (C=O) groups is 4. The van der Waals surface area contributed by atoms with Crippen molar-refractivity contribution in [3.05, 3.63) is 28.7 Å². The molecule has 0 aromatic heterocycles. The molecule has 0 radical (unpaired) electrons. The Kier molecular flexibility index (Phi) is 5.78. The SMILES string of the molecule is CC[C@]1(C)NC(=O)N(CC(=O)OCC(=O)Nc2ccccc2Br)C1=O. The lowest BCUT2D eigenvalue weighted by Crippen LogP contribution is -2.43. The molecule has 1 aliphatic heterocycles. The fraction of sp³-hybridized carbons (Fsp3) is 0.375. The van der Waals surface area contributed by atoms with Crippen LogP contribution >= 0.6 is 15.9 Å². The summed E-state index contributed by atoms with van der Waals surface area (Å²) in [4.78, 5) is 48.4. The third-order valence-electron chi connectivity index (χ3n) is 3.85. The number of carbonyl (C=O) groups excluding carboxylic acids is 4. The summed E-state index contributed by atoms with van der Waals surface area (Å²) in [6.07, 6.45) is 0.400. The number of amides is 4. The molecule has 1 atom stereocenters. The van der Waals surface area contributed by atoms with Gasteiger partial charge in [-0.1, -0.05) is 19.1 Å². The van der Waals surface area contributed by atoms with E-state index in [4.69, 9.17) is 4.74 Å². The van der Waals surface area contributed by atoms with Gasteiger partial charge < -0.3 is 15.4 Å². The first-order valence-corrected chi connectivity index (χ1v) is 8.40. The second-order valence-corrected chi connectivity index (χ2v) is 6.55. The number of nitrogens with zero attached hydrogens (tertiary/aromatic N) is 1. The molecule has 4 amide bonds. The Balaban J connectivity index is 1.85. The van der Waals surface area contributed by atoms with Crippen molar-refractivity contribution in [3.8, 4) is 0 Å². The lowest BCUT2D eigenvalue weighted by molar-refractivity contribution is -0.150. The predicted octanol–water partition coefficient (Wildman–Crippen LogP) is 1.65. The molecule has 25 heavy (non-hydrogen) atoms. The van der Waals surface area contributed by atoms with Crippen LogP contribution in [0.1, 0.15) is 20.3 Å². The smallest absolute Gasteiger partial charge is 0.326 e. The van der Waals surface area contributed by atoms with E-state index in [2.05, 4.69) is 26.6 Å². The number of hydrogen-bond acceptors (Lipinski definition) is 5. The largest absolute Gasteiger partial charge is 0.454 e. The maximum atomic E-state index is 12.2. The lowest BCUT2D eigenvalue weighted by Gasteiger charge is -2.18. The number of rotatable bonds is 6. The van der Waals surface area contributed by atoms with Crippen LogP contribution in [0.15, 0.2) is 28.7 Å². The zero-order valence-corrected chi connectivity index (χ0v) is 15.4. The van der Waals surface area contributed by atoms with Gasteiger partial charge in [0, 0.05) is 4.47 Å². The molecule has 0 aliphatic carbocycles. The van der Waals surface area contributed by atoms with Gasteiger partial charge >= 0.3 is 12.0 Å². The Morgan fingerprint density at radius 2 is 2.00 bits per heavy atom. The topological polar surface area (TPSA) is 105 Å². The number of benzene rings is 1. The molecule has 1 saturated heterocycles. The number of nitrogens with one attached hydrogen (secondary N) is 2. The lowest BCUT2D eigenvalue weighted by atomic mass is 9.99. The Bertz CT molecular complexity index is 723. The standard InChI is InChI=1S/C16H18BrN3O5/c1-3-16(2)14(23)20(15(24)19-16)8-13(22)25-9-12(21)18-11-7-5-4-6-10(11)17/h4-7H,3,8-9H2,1-2H3,(H,18,21)(H,19,24)/t16-/m0/s1. The van der Waals surface area contributed by atoms with Gasteiger partial charge in [0.05, 0.1) is 5.69 Å². The zero-order valence-electron chi connectivity index (χ0n) is 13.8. The van der Waals surface area contributed by atoms with Crippen LogP contribution in [-0.2, 0) is 19.1 Å². The summed E-state index contributed by atoms with van der Waals surface area (Å²) in [6.45, 7) is 2.28. The summed E-state index contributed by atoms with van der Waals surface area (Å²) in [6, 6.07) is 6.33. The van der Waals surface area contributed by atoms with Crippen LogP contribution in [-0.4, -0.2) is 47.4 Å². The average molecular weight is 412 g/mol. The van der Waals surface area contributed by atoms with Gasteiger partial charge in [0.15, 0.2) is 6.61 Å². The fourth-order valence-corrected chi connectivity index (χ4v) is 2.58. The molecule has 0 unspecified atom stereocenters. The zero-order chi connectivity index (χ0) is 18.6. The summed E-state index contributed by atoms with van der Waals surface area (Å²) >= 11 is 3.28. The van der Waals surface area contributed by atoms with Crippen molar-refractivity contribution >= 4 is 45.4 Å². The molecule has 1 aromatic carbocycles. The highest BCUT2D eigenvalue weighted by molar-refractivity contribution is 9.10. The molecule has 2 N–H and O–H groups in total. The van der Waals surface area contributed by atoms with Gasteiger partial charge in [-0.05, 0) is 41.4 Å². The minimum absolute atomic E-state index is 0.400. The highest BCUT2D eigenvalue weighted by Crippen LogP contribution is 2.21. The minimum Gasteiger partial charge on any atom is -0.454 e. The number of ether oxygens (including phenoxy) is 1. The molecule has 9 heteroatoms. The van der Waals surface area contributed by atoms with Crippen molar-refractivity contribution in [2.45, 2.75) is 25.8 Å². The van der Waals surface area contributed by atoms with E-state index in [1.807, 2.05) is 0 Å². The number of anilines is 1. The van der Waals surface area contributed by atoms with Crippen LogP contribution < -0.4 is 10.6 Å². The maximum Gasteiger partial charge on any atom is 0.326 e. The van der Waals surface area contributed by atoms with Crippen LogP contribution in [0.5, 0.6) is 0 Å². The molecule has 1 heterocycles. The quantitative estimate of drug-likeness (QED) is 0.546. The van der Waals surface area contributed by atoms with E-state index in [9.17, 15) is 19.2 Å². The van der Waals surface area contributed by atoms with Gasteiger partial charge in [0.1, 0.15) is 12.1 Å². The number of urea groups is 1. The van der Waals surface area contributed by atoms with Crippen molar-refractivity contribution in [1.82, 2.24) is 10.2 Å². The average Bonchev–Trinajstić information content (AvgIpc) is 2.79. The summed E-state index contributed by atoms with van der Waals surface area (Å²) in [5.41, 5.74) is -0.481. The highest BCUT2D eigenvalue weighted by atomic mass is 79.9. The molecule has 1 aromatic rings. The number of para-hydroxylation sites is 1. The highest BCUT2D eigenvalue weighted by Gasteiger charge is 2.47. The van der Waals surface area contributed by atoms with Crippen molar-refractivity contribution in [2.75, 3.05) is 18.5 Å². The predicted molar refractivity (Wildman–Crippen MR) is 92.7 cm³/mol. The van der Waals surface area contributed by atoms with Crippen LogP contribution in [0.2, 0.25) is 0 Å². The summed E-state index contributed by atoms with van der Waals surface area (Å²) in [7, 11) is 0. The van der Waals surface area contributed by atoms with Crippen LogP contribution in [0, 0.1) is 0 Å². The van der Waals surface area contributed by atoms with Crippen LogP contribution in [0.4, 0.5) is 10.5 Å². The summed E-state index contributed by atoms with van der Waals surface area (Å²) < 4.78 is 5.52. The Morgan fingerprint density at radius 3 is 2.60 bits per heavy atom. The van der Waals surface area contributed by atoms with Gasteiger partial charge in [-0.25, -0.2) is 4.79 Å². The third-order valence-corrected chi connectivity index (χ3v) is 4.54. The monoisotopic (exact) mass is 411 g/mol. The molecule has 0 bridgehead atoms. The van der Waals surface area contributed by atoms with E-state index in [1.165, 1.54) is 0 Å². The van der Waals surface area contributed by atoms with Gasteiger partial charge in [-0.3, -0.25) is 19.3 Å². The Labute approximate surface area is 153 Å². The first-order chi connectivity index (χ1) is 11.8. The third kappa shape index (κ3) is 4.36. The van der Waals surface area contributed by atoms with E-state index in [0.29, 0.717) is 16.6 Å². The molecule has 134 valence electrons. The molecule has 2 rings (SSSR count). The number of esters is 1. The van der Waals surface area contributed by atoms with Crippen molar-refractivity contribution in [1.29, 1.82) is 0 Å². The fourth-order valence-electron chi connectivity index (χ4n) is 2.20. The van der Waals surface area contributed by atoms with E-state index in [-0.39, 0.29) is 0 Å². The van der Waals surface area contributed by atoms with Gasteiger partial charge in [-0.15, -0.1) is 0 Å². The van der Waals surface area contributed by atoms with Gasteiger partial charge in [0.2, 0.25) is 0 Å². The molecule has 0 spiro atoms. The van der Waals surface area contributed by atoms with Crippen LogP contribution in [0.3, 0.4) is 0 Å². The van der Waals surface area contributed by atoms with Crippen LogP contribution in [0.25, 0.3) is 0 Å². The van der Waals surface area contributed by atoms with E-state index in [1.54, 1.807) is 38.1 Å².